The third-order valence-corrected chi connectivity index (χ3v) is 11.2. The number of nitriles is 2. The van der Waals surface area contributed by atoms with E-state index in [0.717, 1.165) is 70.5 Å². The number of aromatic nitrogens is 1. The number of nitrogens with zero attached hydrogens (tertiary/aromatic N) is 5. The van der Waals surface area contributed by atoms with Gasteiger partial charge in [0.2, 0.25) is 0 Å². The number of aromatic amines is 1. The largest absolute Gasteiger partial charge is 0.361 e. The average Bonchev–Trinajstić information content (AvgIpc) is 3.67. The van der Waals surface area contributed by atoms with Crippen LogP contribution in [0.3, 0.4) is 0 Å². The Labute approximate surface area is 247 Å². The summed E-state index contributed by atoms with van der Waals surface area (Å²) in [6, 6.07) is 15.9. The highest BCUT2D eigenvalue weighted by Gasteiger charge is 2.53. The minimum absolute atomic E-state index is 0.0963. The van der Waals surface area contributed by atoms with E-state index in [0.29, 0.717) is 5.92 Å². The number of hydrogen-bond donors (Lipinski definition) is 1. The maximum atomic E-state index is 13.3. The number of nitrogens with one attached hydrogen (secondary N) is 1. The zero-order valence-corrected chi connectivity index (χ0v) is 24.4. The molecular weight excluding hydrogens is 520 g/mol. The fraction of sp³-hybridized carbons (Fsp3) is 0.514. The molecule has 3 aromatic rings. The van der Waals surface area contributed by atoms with Crippen LogP contribution in [-0.4, -0.2) is 58.3 Å². The first-order chi connectivity index (χ1) is 20.4. The molecule has 7 nitrogen and oxygen atoms in total. The van der Waals surface area contributed by atoms with Gasteiger partial charge in [-0.05, 0) is 104 Å². The Morgan fingerprint density at radius 1 is 1.02 bits per heavy atom. The molecule has 0 radical (unpaired) electrons. The summed E-state index contributed by atoms with van der Waals surface area (Å²) < 4.78 is 0. The van der Waals surface area contributed by atoms with Gasteiger partial charge in [-0.3, -0.25) is 9.69 Å². The molecule has 1 aromatic heterocycles. The maximum Gasteiger partial charge on any atom is 0.253 e. The Morgan fingerprint density at radius 2 is 1.79 bits per heavy atom. The molecule has 2 aliphatic carbocycles. The average molecular weight is 559 g/mol. The molecule has 0 bridgehead atoms. The Kier molecular flexibility index (Phi) is 5.76. The molecular formula is C35H38N6O. The van der Waals surface area contributed by atoms with Gasteiger partial charge in [0.15, 0.2) is 6.19 Å². The van der Waals surface area contributed by atoms with E-state index >= 15 is 0 Å². The molecule has 1 atom stereocenters. The number of piperidine rings is 1. The number of carbonyl (C=O) groups is 1. The molecule has 1 N–H and O–H groups in total. The summed E-state index contributed by atoms with van der Waals surface area (Å²) >= 11 is 0. The number of fused-ring (bicyclic) bond motifs is 1. The highest BCUT2D eigenvalue weighted by molar-refractivity contribution is 5.95. The molecule has 2 aromatic carbocycles. The van der Waals surface area contributed by atoms with Crippen LogP contribution in [0.15, 0.2) is 42.6 Å². The summed E-state index contributed by atoms with van der Waals surface area (Å²) in [5.41, 5.74) is 8.02. The highest BCUT2D eigenvalue weighted by atomic mass is 16.2. The number of benzene rings is 2. The predicted molar refractivity (Wildman–Crippen MR) is 160 cm³/mol. The lowest BCUT2D eigenvalue weighted by molar-refractivity contribution is -0.0746. The van der Waals surface area contributed by atoms with Gasteiger partial charge in [0.05, 0.1) is 6.07 Å². The van der Waals surface area contributed by atoms with Crippen molar-refractivity contribution in [2.24, 2.45) is 16.7 Å². The molecule has 2 saturated carbocycles. The van der Waals surface area contributed by atoms with Crippen molar-refractivity contribution in [3.8, 4) is 12.3 Å². The zero-order valence-electron chi connectivity index (χ0n) is 24.4. The van der Waals surface area contributed by atoms with Gasteiger partial charge in [0, 0.05) is 72.8 Å². The number of likely N-dealkylation sites (tertiary alicyclic amines) is 3. The fourth-order valence-electron chi connectivity index (χ4n) is 8.75. The molecule has 42 heavy (non-hydrogen) atoms. The van der Waals surface area contributed by atoms with Crippen molar-refractivity contribution in [1.82, 2.24) is 19.7 Å². The monoisotopic (exact) mass is 558 g/mol. The van der Waals surface area contributed by atoms with Crippen LogP contribution >= 0.6 is 0 Å². The van der Waals surface area contributed by atoms with Crippen LogP contribution in [0.5, 0.6) is 0 Å². The third kappa shape index (κ3) is 4.13. The molecule has 214 valence electrons. The van der Waals surface area contributed by atoms with Crippen LogP contribution in [0, 0.1) is 46.5 Å². The third-order valence-electron chi connectivity index (χ3n) is 11.2. The lowest BCUT2D eigenvalue weighted by Gasteiger charge is -2.58. The Balaban J connectivity index is 1.05. The van der Waals surface area contributed by atoms with Crippen molar-refractivity contribution in [1.29, 1.82) is 10.5 Å². The van der Waals surface area contributed by atoms with Gasteiger partial charge >= 0.3 is 0 Å². The van der Waals surface area contributed by atoms with Crippen molar-refractivity contribution >= 4 is 16.8 Å². The molecule has 4 heterocycles. The second-order valence-electron chi connectivity index (χ2n) is 14.2. The van der Waals surface area contributed by atoms with E-state index in [4.69, 9.17) is 5.26 Å². The van der Waals surface area contributed by atoms with Crippen LogP contribution in [0.25, 0.3) is 10.9 Å². The lowest BCUT2D eigenvalue weighted by atomic mass is 9.56. The van der Waals surface area contributed by atoms with Gasteiger partial charge in [-0.1, -0.05) is 18.2 Å². The van der Waals surface area contributed by atoms with E-state index in [9.17, 15) is 10.1 Å². The molecule has 5 fully saturated rings. The number of carbonyl (C=O) groups excluding carboxylic acids is 1. The first kappa shape index (κ1) is 25.9. The summed E-state index contributed by atoms with van der Waals surface area (Å²) in [4.78, 5) is 23.1. The highest BCUT2D eigenvalue weighted by Crippen LogP contribution is 2.57. The van der Waals surface area contributed by atoms with E-state index in [2.05, 4.69) is 59.5 Å². The van der Waals surface area contributed by atoms with E-state index < -0.39 is 0 Å². The maximum absolute atomic E-state index is 13.3. The van der Waals surface area contributed by atoms with Gasteiger partial charge in [-0.15, -0.1) is 0 Å². The van der Waals surface area contributed by atoms with E-state index in [-0.39, 0.29) is 28.7 Å². The zero-order chi connectivity index (χ0) is 28.6. The molecule has 2 spiro atoms. The van der Waals surface area contributed by atoms with Crippen LogP contribution in [0.2, 0.25) is 0 Å². The van der Waals surface area contributed by atoms with E-state index in [1.807, 2.05) is 17.0 Å². The van der Waals surface area contributed by atoms with Crippen molar-refractivity contribution < 1.29 is 4.79 Å². The smallest absolute Gasteiger partial charge is 0.253 e. The Bertz CT molecular complexity index is 1630. The molecule has 5 aliphatic rings. The molecule has 7 heteroatoms. The minimum Gasteiger partial charge on any atom is -0.361 e. The molecule has 3 aliphatic heterocycles. The topological polar surface area (TPSA) is 90.2 Å². The number of amides is 1. The molecule has 3 saturated heterocycles. The Hall–Kier alpha value is -3.81. The molecule has 8 rings (SSSR count). The van der Waals surface area contributed by atoms with Gasteiger partial charge in [0.1, 0.15) is 0 Å². The second kappa shape index (κ2) is 9.35. The summed E-state index contributed by atoms with van der Waals surface area (Å²) in [6.45, 7) is 7.23. The van der Waals surface area contributed by atoms with E-state index in [1.54, 1.807) is 4.90 Å². The van der Waals surface area contributed by atoms with Gasteiger partial charge in [-0.25, -0.2) is 0 Å². The first-order valence-electron chi connectivity index (χ1n) is 15.7. The quantitative estimate of drug-likeness (QED) is 0.397. The lowest BCUT2D eigenvalue weighted by Crippen LogP contribution is -2.71. The van der Waals surface area contributed by atoms with Crippen LogP contribution < -0.4 is 0 Å². The Morgan fingerprint density at radius 3 is 2.48 bits per heavy atom. The van der Waals surface area contributed by atoms with Crippen molar-refractivity contribution in [3.05, 3.63) is 70.4 Å². The van der Waals surface area contributed by atoms with Gasteiger partial charge in [-0.2, -0.15) is 10.5 Å². The number of rotatable bonds is 5. The van der Waals surface area contributed by atoms with Crippen LogP contribution in [0.4, 0.5) is 0 Å². The SMILES string of the molecule is Cc1cc(C2CC2)c(CN2CCC3(CC(C#N)C3)C[C@H]2c2ccc(C(=O)N3CC4(CN(C#N)C4)C3)cc2)c2cc[nH]c12. The standard InChI is InChI=1S/C35H38N6O/c1-23-12-29(25-2-3-25)30(28-8-10-38-32(23)28)17-40-11-9-34(13-24(14-34)16-36)15-31(40)26-4-6-27(7-5-26)33(42)41-20-35(21-41)18-39(19-35)22-37/h4-8,10,12,24-25,31,38H,2-3,9,11,13-15,17-21H2,1H3/t24?,31-,34?/m0/s1. The molecule has 1 amide bonds. The molecule has 0 unspecified atom stereocenters. The van der Waals surface area contributed by atoms with Crippen LogP contribution in [0.1, 0.15) is 83.1 Å². The first-order valence-corrected chi connectivity index (χ1v) is 15.7. The second-order valence-corrected chi connectivity index (χ2v) is 14.2. The van der Waals surface area contributed by atoms with E-state index in [1.165, 1.54) is 46.0 Å². The van der Waals surface area contributed by atoms with Crippen molar-refractivity contribution in [2.45, 2.75) is 64.0 Å². The normalized spacial score (nSPS) is 28.2. The number of H-pyrrole nitrogens is 1. The van der Waals surface area contributed by atoms with Crippen molar-refractivity contribution in [3.63, 3.8) is 0 Å². The van der Waals surface area contributed by atoms with Crippen molar-refractivity contribution in [2.75, 3.05) is 32.7 Å². The summed E-state index contributed by atoms with van der Waals surface area (Å²) in [5.74, 6) is 0.981. The summed E-state index contributed by atoms with van der Waals surface area (Å²) in [5, 5.41) is 20.0. The predicted octanol–water partition coefficient (Wildman–Crippen LogP) is 5.85. The summed E-state index contributed by atoms with van der Waals surface area (Å²) in [7, 11) is 0. The fourth-order valence-corrected chi connectivity index (χ4v) is 8.75. The number of hydrogen-bond acceptors (Lipinski definition) is 5. The minimum atomic E-state index is 0.0963. The summed E-state index contributed by atoms with van der Waals surface area (Å²) in [6.07, 6.45) is 11.1. The van der Waals surface area contributed by atoms with Gasteiger partial charge in [0.25, 0.3) is 5.91 Å². The van der Waals surface area contributed by atoms with Gasteiger partial charge < -0.3 is 14.8 Å². The number of aryl methyl sites for hydroxylation is 1. The van der Waals surface area contributed by atoms with Crippen LogP contribution in [-0.2, 0) is 6.54 Å².